The molecule has 1 aromatic heterocycles. The van der Waals surface area contributed by atoms with Gasteiger partial charge in [0.2, 0.25) is 0 Å². The maximum absolute atomic E-state index is 12.5. The Morgan fingerprint density at radius 2 is 2.00 bits per heavy atom. The molecule has 154 valence electrons. The molecule has 29 heavy (non-hydrogen) atoms. The molecule has 0 unspecified atom stereocenters. The number of hydrogen-bond donors (Lipinski definition) is 3. The van der Waals surface area contributed by atoms with Crippen LogP contribution in [-0.4, -0.2) is 42.5 Å². The minimum atomic E-state index is -0.111. The number of nitrogens with one attached hydrogen (secondary N) is 3. The molecule has 0 saturated carbocycles. The number of ether oxygens (including phenoxy) is 1. The Labute approximate surface area is 172 Å². The first-order valence-electron chi connectivity index (χ1n) is 9.95. The molecular weight excluding hydrogens is 364 g/mol. The Balaban J connectivity index is 1.88. The fourth-order valence-corrected chi connectivity index (χ4v) is 3.63. The molecule has 1 aromatic carbocycles. The molecule has 6 nitrogen and oxygen atoms in total. The number of H-pyrrole nitrogens is 1. The van der Waals surface area contributed by atoms with Gasteiger partial charge in [-0.15, -0.1) is 0 Å². The standard InChI is InChI=1S/C23H30N4O2/c1-7-27(8-2)13-14(3)24-22-15(4)20(25-16(22)5)12-19-18-10-9-17(29-6)11-21(18)26-23(19)28/h9-12,24-25H,3,7-8,13H2,1-2,4-6H3,(H,26,28)/b19-12-. The van der Waals surface area contributed by atoms with Crippen LogP contribution in [-0.2, 0) is 4.79 Å². The average Bonchev–Trinajstić information content (AvgIpc) is 3.16. The van der Waals surface area contributed by atoms with Crippen molar-refractivity contribution in [3.05, 3.63) is 53.0 Å². The van der Waals surface area contributed by atoms with Crippen molar-refractivity contribution in [1.29, 1.82) is 0 Å². The Hall–Kier alpha value is -2.99. The molecule has 0 bridgehead atoms. The van der Waals surface area contributed by atoms with Gasteiger partial charge in [0.05, 0.1) is 24.1 Å². The highest BCUT2D eigenvalue weighted by atomic mass is 16.5. The van der Waals surface area contributed by atoms with Gasteiger partial charge in [0.15, 0.2) is 0 Å². The average molecular weight is 395 g/mol. The van der Waals surface area contributed by atoms with Crippen LogP contribution in [0.3, 0.4) is 0 Å². The third-order valence-electron chi connectivity index (χ3n) is 5.39. The molecule has 0 radical (unpaired) electrons. The zero-order chi connectivity index (χ0) is 21.1. The van der Waals surface area contributed by atoms with Crippen molar-refractivity contribution in [3.63, 3.8) is 0 Å². The monoisotopic (exact) mass is 394 g/mol. The van der Waals surface area contributed by atoms with Crippen molar-refractivity contribution in [1.82, 2.24) is 9.88 Å². The van der Waals surface area contributed by atoms with E-state index < -0.39 is 0 Å². The molecular formula is C23H30N4O2. The van der Waals surface area contributed by atoms with Gasteiger partial charge in [0.1, 0.15) is 5.75 Å². The summed E-state index contributed by atoms with van der Waals surface area (Å²) in [6, 6.07) is 5.61. The number of carbonyl (C=O) groups excluding carboxylic acids is 1. The minimum absolute atomic E-state index is 0.111. The number of benzene rings is 1. The lowest BCUT2D eigenvalue weighted by molar-refractivity contribution is -0.110. The first-order chi connectivity index (χ1) is 13.9. The lowest BCUT2D eigenvalue weighted by Gasteiger charge is -2.20. The SMILES string of the molecule is C=C(CN(CC)CC)Nc1c(C)[nH]c(/C=C2\C(=O)Nc3cc(OC)ccc32)c1C. The maximum atomic E-state index is 12.5. The number of aromatic amines is 1. The molecule has 0 saturated heterocycles. The third-order valence-corrected chi connectivity index (χ3v) is 5.39. The second kappa shape index (κ2) is 8.57. The summed E-state index contributed by atoms with van der Waals surface area (Å²) in [6.07, 6.45) is 1.91. The fraction of sp³-hybridized carbons (Fsp3) is 0.348. The fourth-order valence-electron chi connectivity index (χ4n) is 3.63. The van der Waals surface area contributed by atoms with E-state index in [2.05, 4.69) is 40.9 Å². The highest BCUT2D eigenvalue weighted by Gasteiger charge is 2.25. The topological polar surface area (TPSA) is 69.4 Å². The number of amides is 1. The van der Waals surface area contributed by atoms with Crippen molar-refractivity contribution in [2.45, 2.75) is 27.7 Å². The number of nitrogens with zero attached hydrogens (tertiary/aromatic N) is 1. The highest BCUT2D eigenvalue weighted by Crippen LogP contribution is 2.36. The van der Waals surface area contributed by atoms with Crippen LogP contribution in [0.2, 0.25) is 0 Å². The molecule has 2 heterocycles. The maximum Gasteiger partial charge on any atom is 0.256 e. The van der Waals surface area contributed by atoms with Gasteiger partial charge >= 0.3 is 0 Å². The number of methoxy groups -OCH3 is 1. The summed E-state index contributed by atoms with van der Waals surface area (Å²) in [5.74, 6) is 0.607. The number of aryl methyl sites for hydroxylation is 1. The van der Waals surface area contributed by atoms with Crippen molar-refractivity contribution in [2.24, 2.45) is 0 Å². The molecule has 3 N–H and O–H groups in total. The number of likely N-dealkylation sites (N-methyl/N-ethyl adjacent to an activating group) is 1. The van der Waals surface area contributed by atoms with E-state index in [4.69, 9.17) is 4.74 Å². The van der Waals surface area contributed by atoms with E-state index >= 15 is 0 Å². The number of hydrogen-bond acceptors (Lipinski definition) is 4. The van der Waals surface area contributed by atoms with E-state index in [-0.39, 0.29) is 5.91 Å². The molecule has 1 aliphatic rings. The summed E-state index contributed by atoms with van der Waals surface area (Å²) in [5.41, 5.74) is 7.25. The summed E-state index contributed by atoms with van der Waals surface area (Å²) in [5, 5.41) is 6.37. The van der Waals surface area contributed by atoms with Crippen LogP contribution in [0.1, 0.15) is 36.4 Å². The molecule has 0 aliphatic carbocycles. The first-order valence-corrected chi connectivity index (χ1v) is 9.95. The smallest absolute Gasteiger partial charge is 0.256 e. The summed E-state index contributed by atoms with van der Waals surface area (Å²) >= 11 is 0. The minimum Gasteiger partial charge on any atom is -0.497 e. The molecule has 6 heteroatoms. The number of carbonyl (C=O) groups is 1. The number of fused-ring (bicyclic) bond motifs is 1. The van der Waals surface area contributed by atoms with Crippen molar-refractivity contribution in [3.8, 4) is 5.75 Å². The predicted octanol–water partition coefficient (Wildman–Crippen LogP) is 4.40. The largest absolute Gasteiger partial charge is 0.497 e. The molecule has 2 aromatic rings. The van der Waals surface area contributed by atoms with E-state index in [0.717, 1.165) is 65.0 Å². The summed E-state index contributed by atoms with van der Waals surface area (Å²) in [7, 11) is 1.61. The van der Waals surface area contributed by atoms with E-state index in [1.165, 1.54) is 0 Å². The predicted molar refractivity (Wildman–Crippen MR) is 120 cm³/mol. The van der Waals surface area contributed by atoms with Gasteiger partial charge in [0.25, 0.3) is 5.91 Å². The van der Waals surface area contributed by atoms with Crippen LogP contribution in [0.4, 0.5) is 11.4 Å². The summed E-state index contributed by atoms with van der Waals surface area (Å²) in [4.78, 5) is 18.2. The van der Waals surface area contributed by atoms with Crippen LogP contribution >= 0.6 is 0 Å². The Kier molecular flexibility index (Phi) is 6.13. The quantitative estimate of drug-likeness (QED) is 0.581. The van der Waals surface area contributed by atoms with Crippen LogP contribution < -0.4 is 15.4 Å². The number of rotatable bonds is 8. The van der Waals surface area contributed by atoms with Gasteiger partial charge in [-0.05, 0) is 50.7 Å². The van der Waals surface area contributed by atoms with Crippen molar-refractivity contribution < 1.29 is 9.53 Å². The van der Waals surface area contributed by atoms with Gasteiger partial charge in [0, 0.05) is 35.3 Å². The molecule has 0 spiro atoms. The lowest BCUT2D eigenvalue weighted by atomic mass is 10.0. The molecule has 3 rings (SSSR count). The van der Waals surface area contributed by atoms with Gasteiger partial charge in [-0.2, -0.15) is 0 Å². The number of aromatic nitrogens is 1. The van der Waals surface area contributed by atoms with Crippen LogP contribution in [0.15, 0.2) is 30.5 Å². The van der Waals surface area contributed by atoms with Gasteiger partial charge in [-0.1, -0.05) is 20.4 Å². The van der Waals surface area contributed by atoms with Crippen LogP contribution in [0, 0.1) is 13.8 Å². The zero-order valence-electron chi connectivity index (χ0n) is 17.9. The van der Waals surface area contributed by atoms with E-state index in [1.54, 1.807) is 7.11 Å². The molecule has 0 atom stereocenters. The molecule has 1 aliphatic heterocycles. The second-order valence-corrected chi connectivity index (χ2v) is 7.28. The third kappa shape index (κ3) is 4.22. The van der Waals surface area contributed by atoms with E-state index in [0.29, 0.717) is 5.57 Å². The first kappa shape index (κ1) is 20.7. The van der Waals surface area contributed by atoms with Gasteiger partial charge < -0.3 is 20.4 Å². The van der Waals surface area contributed by atoms with Gasteiger partial charge in [-0.3, -0.25) is 9.69 Å². The van der Waals surface area contributed by atoms with Crippen LogP contribution in [0.25, 0.3) is 11.6 Å². The normalized spacial score (nSPS) is 14.3. The van der Waals surface area contributed by atoms with Crippen molar-refractivity contribution in [2.75, 3.05) is 37.4 Å². The summed E-state index contributed by atoms with van der Waals surface area (Å²) in [6.45, 7) is 15.3. The van der Waals surface area contributed by atoms with Crippen LogP contribution in [0.5, 0.6) is 5.75 Å². The number of anilines is 2. The van der Waals surface area contributed by atoms with Crippen molar-refractivity contribution >= 4 is 28.9 Å². The van der Waals surface area contributed by atoms with Gasteiger partial charge in [-0.25, -0.2) is 0 Å². The molecule has 0 fully saturated rings. The lowest BCUT2D eigenvalue weighted by Crippen LogP contribution is -2.27. The summed E-state index contributed by atoms with van der Waals surface area (Å²) < 4.78 is 5.25. The Bertz CT molecular complexity index is 967. The Morgan fingerprint density at radius 3 is 2.66 bits per heavy atom. The van der Waals surface area contributed by atoms with E-state index in [1.807, 2.05) is 38.1 Å². The molecule has 1 amide bonds. The van der Waals surface area contributed by atoms with E-state index in [9.17, 15) is 4.79 Å². The highest BCUT2D eigenvalue weighted by molar-refractivity contribution is 6.35. The second-order valence-electron chi connectivity index (χ2n) is 7.28. The zero-order valence-corrected chi connectivity index (χ0v) is 17.9. The Morgan fingerprint density at radius 1 is 1.28 bits per heavy atom.